The number of nitrogens with one attached hydrogen (secondary N) is 2. The average Bonchev–Trinajstić information content (AvgIpc) is 3.03. The SMILES string of the molecule is CCCCCCCCCCCCCCc1ccccc1NC(=O)Nc1ccccc1CCCCCCCCCCCCCC. The lowest BCUT2D eigenvalue weighted by molar-refractivity contribution is 0.262. The van der Waals surface area contributed by atoms with E-state index in [1.165, 1.54) is 165 Å². The Balaban J connectivity index is 1.61. The second-order valence-corrected chi connectivity index (χ2v) is 13.2. The Kier molecular flexibility index (Phi) is 23.3. The molecule has 0 aliphatic heterocycles. The van der Waals surface area contributed by atoms with E-state index in [1.807, 2.05) is 24.3 Å². The van der Waals surface area contributed by atoms with Gasteiger partial charge < -0.3 is 10.6 Å². The third kappa shape index (κ3) is 19.2. The number of hydrogen-bond acceptors (Lipinski definition) is 1. The van der Waals surface area contributed by atoms with Crippen LogP contribution in [0.1, 0.15) is 179 Å². The summed E-state index contributed by atoms with van der Waals surface area (Å²) in [5.74, 6) is 0. The average molecular weight is 605 g/mol. The highest BCUT2D eigenvalue weighted by Gasteiger charge is 2.09. The van der Waals surface area contributed by atoms with E-state index in [2.05, 4.69) is 48.7 Å². The normalized spacial score (nSPS) is 11.1. The van der Waals surface area contributed by atoms with Gasteiger partial charge in [-0.25, -0.2) is 4.79 Å². The van der Waals surface area contributed by atoms with E-state index >= 15 is 0 Å². The van der Waals surface area contributed by atoms with Crippen LogP contribution in [0.4, 0.5) is 16.2 Å². The predicted octanol–water partition coefficient (Wildman–Crippen LogP) is 13.8. The molecular formula is C41H68N2O. The van der Waals surface area contributed by atoms with Crippen molar-refractivity contribution in [2.45, 2.75) is 181 Å². The fourth-order valence-electron chi connectivity index (χ4n) is 6.31. The van der Waals surface area contributed by atoms with Crippen LogP contribution >= 0.6 is 0 Å². The largest absolute Gasteiger partial charge is 0.323 e. The van der Waals surface area contributed by atoms with Crippen LogP contribution in [0.5, 0.6) is 0 Å². The summed E-state index contributed by atoms with van der Waals surface area (Å²) in [6.07, 6.45) is 34.7. The lowest BCUT2D eigenvalue weighted by Gasteiger charge is -2.14. The molecule has 0 spiro atoms. The fourth-order valence-corrected chi connectivity index (χ4v) is 6.31. The molecule has 0 fully saturated rings. The third-order valence-electron chi connectivity index (χ3n) is 9.13. The molecule has 2 aromatic rings. The maximum Gasteiger partial charge on any atom is 0.323 e. The first-order valence-corrected chi connectivity index (χ1v) is 19.0. The molecule has 0 atom stereocenters. The fraction of sp³-hybridized carbons (Fsp3) is 0.683. The number of anilines is 2. The van der Waals surface area contributed by atoms with Crippen LogP contribution in [0, 0.1) is 0 Å². The van der Waals surface area contributed by atoms with Gasteiger partial charge >= 0.3 is 6.03 Å². The molecule has 248 valence electrons. The molecule has 0 radical (unpaired) electrons. The zero-order chi connectivity index (χ0) is 31.3. The molecule has 0 aliphatic rings. The summed E-state index contributed by atoms with van der Waals surface area (Å²) in [5, 5.41) is 6.29. The topological polar surface area (TPSA) is 41.1 Å². The number of urea groups is 1. The Morgan fingerprint density at radius 1 is 0.409 bits per heavy atom. The zero-order valence-corrected chi connectivity index (χ0v) is 28.9. The molecule has 2 amide bonds. The monoisotopic (exact) mass is 605 g/mol. The van der Waals surface area contributed by atoms with Gasteiger partial charge in [0.25, 0.3) is 0 Å². The Hall–Kier alpha value is -2.29. The molecule has 2 aromatic carbocycles. The van der Waals surface area contributed by atoms with Crippen molar-refractivity contribution in [1.82, 2.24) is 0 Å². The van der Waals surface area contributed by atoms with Gasteiger partial charge in [-0.1, -0.05) is 192 Å². The molecular weight excluding hydrogens is 536 g/mol. The van der Waals surface area contributed by atoms with E-state index in [4.69, 9.17) is 0 Å². The number of rotatable bonds is 28. The molecule has 0 aromatic heterocycles. The number of carbonyl (C=O) groups excluding carboxylic acids is 1. The van der Waals surface area contributed by atoms with Crippen LogP contribution < -0.4 is 10.6 Å². The predicted molar refractivity (Wildman–Crippen MR) is 195 cm³/mol. The summed E-state index contributed by atoms with van der Waals surface area (Å²) in [7, 11) is 0. The van der Waals surface area contributed by atoms with E-state index in [0.717, 1.165) is 24.2 Å². The van der Waals surface area contributed by atoms with Gasteiger partial charge in [0.15, 0.2) is 0 Å². The summed E-state index contributed by atoms with van der Waals surface area (Å²) in [4.78, 5) is 13.0. The standard InChI is InChI=1S/C41H68N2O/c1-3-5-7-9-11-13-15-17-19-21-23-25-31-37-33-27-29-35-39(37)42-41(44)43-40-36-30-28-34-38(40)32-26-24-22-20-18-16-14-12-10-8-6-4-2/h27-30,33-36H,3-26,31-32H2,1-2H3,(H2,42,43,44). The number of carbonyl (C=O) groups is 1. The van der Waals surface area contributed by atoms with Gasteiger partial charge in [0, 0.05) is 11.4 Å². The number of amides is 2. The Bertz CT molecular complexity index is 880. The van der Waals surface area contributed by atoms with Gasteiger partial charge in [-0.2, -0.15) is 0 Å². The number of para-hydroxylation sites is 2. The summed E-state index contributed by atoms with van der Waals surface area (Å²) in [5.41, 5.74) is 4.34. The summed E-state index contributed by atoms with van der Waals surface area (Å²) in [6.45, 7) is 4.57. The minimum absolute atomic E-state index is 0.144. The quantitative estimate of drug-likeness (QED) is 0.0932. The van der Waals surface area contributed by atoms with Gasteiger partial charge in [0.05, 0.1) is 0 Å². The molecule has 0 bridgehead atoms. The Morgan fingerprint density at radius 2 is 0.682 bits per heavy atom. The highest BCUT2D eigenvalue weighted by molar-refractivity contribution is 6.00. The molecule has 0 saturated carbocycles. The molecule has 2 N–H and O–H groups in total. The number of benzene rings is 2. The highest BCUT2D eigenvalue weighted by atomic mass is 16.2. The summed E-state index contributed by atoms with van der Waals surface area (Å²) in [6, 6.07) is 16.5. The van der Waals surface area contributed by atoms with E-state index < -0.39 is 0 Å². The van der Waals surface area contributed by atoms with Crippen molar-refractivity contribution in [3.63, 3.8) is 0 Å². The van der Waals surface area contributed by atoms with Crippen LogP contribution in [-0.2, 0) is 12.8 Å². The van der Waals surface area contributed by atoms with E-state index in [-0.39, 0.29) is 6.03 Å². The molecule has 0 unspecified atom stereocenters. The first-order chi connectivity index (χ1) is 21.7. The van der Waals surface area contributed by atoms with Gasteiger partial charge in [-0.15, -0.1) is 0 Å². The lowest BCUT2D eigenvalue weighted by atomic mass is 10.0. The van der Waals surface area contributed by atoms with Crippen molar-refractivity contribution in [2.24, 2.45) is 0 Å². The van der Waals surface area contributed by atoms with Crippen LogP contribution in [0.15, 0.2) is 48.5 Å². The number of hydrogen-bond donors (Lipinski definition) is 2. The maximum absolute atomic E-state index is 13.0. The Morgan fingerprint density at radius 3 is 1.00 bits per heavy atom. The maximum atomic E-state index is 13.0. The second-order valence-electron chi connectivity index (χ2n) is 13.2. The van der Waals surface area contributed by atoms with Crippen LogP contribution in [0.25, 0.3) is 0 Å². The van der Waals surface area contributed by atoms with E-state index in [0.29, 0.717) is 0 Å². The minimum Gasteiger partial charge on any atom is -0.307 e. The smallest absolute Gasteiger partial charge is 0.307 e. The molecule has 0 heterocycles. The van der Waals surface area contributed by atoms with Crippen molar-refractivity contribution in [2.75, 3.05) is 10.6 Å². The molecule has 0 aliphatic carbocycles. The second kappa shape index (κ2) is 27.1. The molecule has 2 rings (SSSR count). The van der Waals surface area contributed by atoms with Gasteiger partial charge in [0.2, 0.25) is 0 Å². The van der Waals surface area contributed by atoms with Crippen LogP contribution in [-0.4, -0.2) is 6.03 Å². The van der Waals surface area contributed by atoms with Gasteiger partial charge in [0.1, 0.15) is 0 Å². The number of unbranched alkanes of at least 4 members (excludes halogenated alkanes) is 22. The Labute approximate surface area is 272 Å². The van der Waals surface area contributed by atoms with Gasteiger partial charge in [-0.05, 0) is 48.9 Å². The molecule has 0 saturated heterocycles. The van der Waals surface area contributed by atoms with Crippen molar-refractivity contribution in [3.8, 4) is 0 Å². The summed E-state index contributed by atoms with van der Waals surface area (Å²) >= 11 is 0. The molecule has 3 heteroatoms. The first-order valence-electron chi connectivity index (χ1n) is 19.0. The van der Waals surface area contributed by atoms with E-state index in [1.54, 1.807) is 0 Å². The first kappa shape index (κ1) is 37.9. The highest BCUT2D eigenvalue weighted by Crippen LogP contribution is 2.22. The van der Waals surface area contributed by atoms with Crippen molar-refractivity contribution < 1.29 is 4.79 Å². The third-order valence-corrected chi connectivity index (χ3v) is 9.13. The van der Waals surface area contributed by atoms with Crippen molar-refractivity contribution in [3.05, 3.63) is 59.7 Å². The molecule has 44 heavy (non-hydrogen) atoms. The summed E-state index contributed by atoms with van der Waals surface area (Å²) < 4.78 is 0. The molecule has 3 nitrogen and oxygen atoms in total. The van der Waals surface area contributed by atoms with E-state index in [9.17, 15) is 4.79 Å². The van der Waals surface area contributed by atoms with Crippen LogP contribution in [0.2, 0.25) is 0 Å². The zero-order valence-electron chi connectivity index (χ0n) is 28.9. The number of aryl methyl sites for hydroxylation is 2. The van der Waals surface area contributed by atoms with Crippen molar-refractivity contribution in [1.29, 1.82) is 0 Å². The van der Waals surface area contributed by atoms with Gasteiger partial charge in [-0.3, -0.25) is 0 Å². The minimum atomic E-state index is -0.144. The lowest BCUT2D eigenvalue weighted by Crippen LogP contribution is -2.21. The van der Waals surface area contributed by atoms with Crippen LogP contribution in [0.3, 0.4) is 0 Å². The van der Waals surface area contributed by atoms with Crippen molar-refractivity contribution >= 4 is 17.4 Å².